The lowest BCUT2D eigenvalue weighted by Gasteiger charge is -2.44. The minimum absolute atomic E-state index is 0. The highest BCUT2D eigenvalue weighted by molar-refractivity contribution is 7.19. The van der Waals surface area contributed by atoms with E-state index in [2.05, 4.69) is 125 Å². The van der Waals surface area contributed by atoms with E-state index in [1.165, 1.54) is 44.1 Å². The third-order valence-electron chi connectivity index (χ3n) is 6.31. The first-order valence-electron chi connectivity index (χ1n) is 10.4. The number of benzene rings is 4. The number of hydrogen-bond acceptors (Lipinski definition) is 0. The summed E-state index contributed by atoms with van der Waals surface area (Å²) in [5, 5.41) is 0. The smallest absolute Gasteiger partial charge is 0.195 e. The summed E-state index contributed by atoms with van der Waals surface area (Å²) in [5.41, 5.74) is 10.6. The van der Waals surface area contributed by atoms with Gasteiger partial charge in [0.15, 0.2) is 0 Å². The Kier molecular flexibility index (Phi) is 5.15. The molecule has 144 valence electrons. The third-order valence-corrected chi connectivity index (χ3v) is 6.31. The average molecular weight is 376 g/mol. The highest BCUT2D eigenvalue weighted by atomic mass is 14.1. The first-order chi connectivity index (χ1) is 14.0. The molecule has 0 aliphatic heterocycles. The molecule has 29 heavy (non-hydrogen) atoms. The van der Waals surface area contributed by atoms with Crippen molar-refractivity contribution < 1.29 is 1.43 Å². The number of aryl methyl sites for hydroxylation is 4. The van der Waals surface area contributed by atoms with Crippen molar-refractivity contribution in [3.05, 3.63) is 119 Å². The van der Waals surface area contributed by atoms with E-state index < -0.39 is 6.15 Å². The Morgan fingerprint density at radius 1 is 0.345 bits per heavy atom. The summed E-state index contributed by atoms with van der Waals surface area (Å²) in [5.74, 6) is 0. The van der Waals surface area contributed by atoms with Crippen LogP contribution in [0.15, 0.2) is 97.1 Å². The first kappa shape index (κ1) is 19.3. The van der Waals surface area contributed by atoms with E-state index in [9.17, 15) is 0 Å². The van der Waals surface area contributed by atoms with Crippen molar-refractivity contribution in [2.24, 2.45) is 0 Å². The standard InChI is InChI=1S/C28H28B/c1-21-5-13-25(14-6-21)29(26-15-7-22(2)8-16-26,27-17-9-23(3)10-18-27)28-19-11-24(4)12-20-28/h5-20H,1-4H3/q-1/p+1. The molecule has 1 heteroatoms. The Balaban J connectivity index is 0.00000256. The van der Waals surface area contributed by atoms with Gasteiger partial charge in [0.2, 0.25) is 0 Å². The molecule has 0 aliphatic rings. The fourth-order valence-corrected chi connectivity index (χ4v) is 4.58. The summed E-state index contributed by atoms with van der Waals surface area (Å²) in [6.45, 7) is 8.62. The maximum Gasteiger partial charge on any atom is 1.00 e. The second-order valence-corrected chi connectivity index (χ2v) is 8.51. The Morgan fingerprint density at radius 3 is 0.690 bits per heavy atom. The van der Waals surface area contributed by atoms with Crippen LogP contribution in [0.25, 0.3) is 0 Å². The summed E-state index contributed by atoms with van der Waals surface area (Å²) in [7, 11) is 0. The number of rotatable bonds is 4. The summed E-state index contributed by atoms with van der Waals surface area (Å²) in [6, 6.07) is 36.4. The van der Waals surface area contributed by atoms with Crippen LogP contribution < -0.4 is 21.9 Å². The van der Waals surface area contributed by atoms with Gasteiger partial charge >= 0.3 is 1.43 Å². The third kappa shape index (κ3) is 3.54. The molecule has 0 radical (unpaired) electrons. The van der Waals surface area contributed by atoms with Crippen LogP contribution in [0.1, 0.15) is 23.7 Å². The van der Waals surface area contributed by atoms with Gasteiger partial charge in [-0.1, -0.05) is 119 Å². The van der Waals surface area contributed by atoms with Gasteiger partial charge in [0.25, 0.3) is 0 Å². The van der Waals surface area contributed by atoms with Crippen LogP contribution in [0.5, 0.6) is 0 Å². The van der Waals surface area contributed by atoms with Crippen molar-refractivity contribution in [3.8, 4) is 0 Å². The van der Waals surface area contributed by atoms with Crippen LogP contribution in [0.4, 0.5) is 0 Å². The van der Waals surface area contributed by atoms with E-state index in [4.69, 9.17) is 0 Å². The normalized spacial score (nSPS) is 11.4. The largest absolute Gasteiger partial charge is 1.00 e. The van der Waals surface area contributed by atoms with E-state index >= 15 is 0 Å². The SMILES string of the molecule is Cc1ccc([B-](c2ccc(C)cc2)(c2ccc(C)cc2)c2ccc(C)cc2)cc1.[H+]. The molecule has 0 aromatic heterocycles. The first-order valence-corrected chi connectivity index (χ1v) is 10.4. The molecule has 0 heterocycles. The van der Waals surface area contributed by atoms with Crippen molar-refractivity contribution in [1.29, 1.82) is 0 Å². The van der Waals surface area contributed by atoms with Crippen molar-refractivity contribution in [2.45, 2.75) is 27.7 Å². The predicted octanol–water partition coefficient (Wildman–Crippen LogP) is 4.41. The highest BCUT2D eigenvalue weighted by Gasteiger charge is 2.31. The van der Waals surface area contributed by atoms with E-state index in [1.807, 2.05) is 0 Å². The van der Waals surface area contributed by atoms with E-state index in [1.54, 1.807) is 0 Å². The number of hydrogen-bond donors (Lipinski definition) is 0. The predicted molar refractivity (Wildman–Crippen MR) is 130 cm³/mol. The van der Waals surface area contributed by atoms with Gasteiger partial charge in [-0.15, -0.1) is 0 Å². The summed E-state index contributed by atoms with van der Waals surface area (Å²) < 4.78 is 0. The Morgan fingerprint density at radius 2 is 0.517 bits per heavy atom. The van der Waals surface area contributed by atoms with Crippen LogP contribution in [0, 0.1) is 27.7 Å². The Bertz CT molecular complexity index is 906. The Hall–Kier alpha value is -3.06. The average Bonchev–Trinajstić information content (AvgIpc) is 2.73. The minimum atomic E-state index is -1.27. The van der Waals surface area contributed by atoms with Gasteiger partial charge in [-0.2, -0.15) is 21.9 Å². The molecule has 4 rings (SSSR count). The fraction of sp³-hybridized carbons (Fsp3) is 0.143. The molecule has 4 aromatic carbocycles. The molecule has 0 saturated heterocycles. The van der Waals surface area contributed by atoms with Crippen molar-refractivity contribution in [3.63, 3.8) is 0 Å². The molecule has 0 spiro atoms. The van der Waals surface area contributed by atoms with E-state index in [0.29, 0.717) is 0 Å². The van der Waals surface area contributed by atoms with Gasteiger partial charge in [-0.05, 0) is 27.7 Å². The van der Waals surface area contributed by atoms with Crippen LogP contribution in [-0.2, 0) is 0 Å². The molecule has 0 bridgehead atoms. The van der Waals surface area contributed by atoms with Crippen molar-refractivity contribution in [2.75, 3.05) is 0 Å². The van der Waals surface area contributed by atoms with Crippen LogP contribution in [0.3, 0.4) is 0 Å². The van der Waals surface area contributed by atoms with Crippen LogP contribution in [-0.4, -0.2) is 6.15 Å². The van der Waals surface area contributed by atoms with E-state index in [0.717, 1.165) is 0 Å². The van der Waals surface area contributed by atoms with Gasteiger partial charge in [0, 0.05) is 0 Å². The topological polar surface area (TPSA) is 0 Å². The van der Waals surface area contributed by atoms with Gasteiger partial charge in [-0.25, -0.2) is 0 Å². The maximum atomic E-state index is 2.31. The van der Waals surface area contributed by atoms with Gasteiger partial charge in [0.1, 0.15) is 6.15 Å². The maximum absolute atomic E-state index is 2.31. The lowest BCUT2D eigenvalue weighted by molar-refractivity contribution is 1.46. The quantitative estimate of drug-likeness (QED) is 0.463. The second kappa shape index (κ2) is 7.76. The lowest BCUT2D eigenvalue weighted by Crippen LogP contribution is -2.74. The zero-order valence-corrected chi connectivity index (χ0v) is 17.8. The molecular weight excluding hydrogens is 347 g/mol. The minimum Gasteiger partial charge on any atom is -0.195 e. The van der Waals surface area contributed by atoms with Crippen LogP contribution in [0.2, 0.25) is 0 Å². The fourth-order valence-electron chi connectivity index (χ4n) is 4.58. The molecule has 0 aliphatic carbocycles. The summed E-state index contributed by atoms with van der Waals surface area (Å²) >= 11 is 0. The summed E-state index contributed by atoms with van der Waals surface area (Å²) in [4.78, 5) is 0. The second-order valence-electron chi connectivity index (χ2n) is 8.51. The van der Waals surface area contributed by atoms with Gasteiger partial charge < -0.3 is 0 Å². The zero-order valence-electron chi connectivity index (χ0n) is 18.8. The Labute approximate surface area is 176 Å². The molecule has 0 fully saturated rings. The molecule has 4 aromatic rings. The molecule has 0 atom stereocenters. The molecule has 0 saturated carbocycles. The molecule has 0 nitrogen and oxygen atoms in total. The van der Waals surface area contributed by atoms with Crippen LogP contribution >= 0.6 is 0 Å². The zero-order chi connectivity index (χ0) is 20.4. The molecule has 0 unspecified atom stereocenters. The van der Waals surface area contributed by atoms with Gasteiger partial charge in [0.05, 0.1) is 0 Å². The highest BCUT2D eigenvalue weighted by Crippen LogP contribution is 2.12. The van der Waals surface area contributed by atoms with Gasteiger partial charge in [-0.3, -0.25) is 0 Å². The lowest BCUT2D eigenvalue weighted by atomic mass is 9.13. The molecule has 0 amide bonds. The monoisotopic (exact) mass is 376 g/mol. The molecular formula is C28H29B. The summed E-state index contributed by atoms with van der Waals surface area (Å²) in [6.07, 6.45) is -1.27. The van der Waals surface area contributed by atoms with Crippen molar-refractivity contribution >= 4 is 28.0 Å². The van der Waals surface area contributed by atoms with E-state index in [-0.39, 0.29) is 1.43 Å². The molecule has 0 N–H and O–H groups in total. The van der Waals surface area contributed by atoms with Crippen molar-refractivity contribution in [1.82, 2.24) is 0 Å².